The molecule has 0 fully saturated rings. The summed E-state index contributed by atoms with van der Waals surface area (Å²) >= 11 is 0. The standard InChI is InChI=1S/C6H12F2N2O3S/c1-6(2,3)10(14(8,12)13)5(11)9(4)7/h1-4H3. The Morgan fingerprint density at radius 3 is 1.71 bits per heavy atom. The van der Waals surface area contributed by atoms with E-state index in [1.807, 2.05) is 0 Å². The van der Waals surface area contributed by atoms with Crippen LogP contribution < -0.4 is 0 Å². The van der Waals surface area contributed by atoms with Crippen LogP contribution in [0.3, 0.4) is 0 Å². The topological polar surface area (TPSA) is 57.7 Å². The Hall–Kier alpha value is -0.920. The van der Waals surface area contributed by atoms with Crippen molar-refractivity contribution in [3.8, 4) is 0 Å². The van der Waals surface area contributed by atoms with Crippen molar-refractivity contribution in [2.24, 2.45) is 0 Å². The second-order valence-electron chi connectivity index (χ2n) is 3.64. The molecule has 0 unspecified atom stereocenters. The molecule has 0 aromatic heterocycles. The van der Waals surface area contributed by atoms with Gasteiger partial charge in [0.1, 0.15) is 0 Å². The van der Waals surface area contributed by atoms with Gasteiger partial charge in [0, 0.05) is 7.05 Å². The molecule has 0 saturated heterocycles. The van der Waals surface area contributed by atoms with Crippen molar-refractivity contribution in [1.82, 2.24) is 9.43 Å². The first-order valence-corrected chi connectivity index (χ1v) is 5.00. The fourth-order valence-corrected chi connectivity index (χ4v) is 1.79. The summed E-state index contributed by atoms with van der Waals surface area (Å²) in [5.41, 5.74) is -1.36. The first-order chi connectivity index (χ1) is 5.98. The summed E-state index contributed by atoms with van der Waals surface area (Å²) in [7, 11) is -4.58. The average Bonchev–Trinajstić information content (AvgIpc) is 1.79. The maximum Gasteiger partial charge on any atom is 0.403 e. The Morgan fingerprint density at radius 1 is 1.29 bits per heavy atom. The number of halogens is 2. The van der Waals surface area contributed by atoms with Gasteiger partial charge in [-0.2, -0.15) is 17.8 Å². The lowest BCUT2D eigenvalue weighted by Crippen LogP contribution is -2.50. The third-order valence-electron chi connectivity index (χ3n) is 1.26. The van der Waals surface area contributed by atoms with E-state index in [0.29, 0.717) is 7.05 Å². The third-order valence-corrected chi connectivity index (χ3v) is 2.40. The molecular weight excluding hydrogens is 218 g/mol. The van der Waals surface area contributed by atoms with Gasteiger partial charge in [0.05, 0.1) is 5.54 Å². The number of hydrogen-bond acceptors (Lipinski definition) is 3. The predicted octanol–water partition coefficient (Wildman–Crippen LogP) is 1.24. The molecule has 84 valence electrons. The molecule has 0 aliphatic heterocycles. The first-order valence-electron chi connectivity index (χ1n) is 3.66. The molecule has 8 heteroatoms. The fraction of sp³-hybridized carbons (Fsp3) is 0.833. The molecule has 5 nitrogen and oxygen atoms in total. The van der Waals surface area contributed by atoms with Gasteiger partial charge in [-0.05, 0) is 20.8 Å². The van der Waals surface area contributed by atoms with Gasteiger partial charge in [0.25, 0.3) is 0 Å². The predicted molar refractivity (Wildman–Crippen MR) is 45.9 cm³/mol. The lowest BCUT2D eigenvalue weighted by atomic mass is 10.1. The number of carbonyl (C=O) groups excluding carboxylic acids is 1. The highest BCUT2D eigenvalue weighted by atomic mass is 32.3. The van der Waals surface area contributed by atoms with Gasteiger partial charge in [0.15, 0.2) is 0 Å². The molecule has 0 atom stereocenters. The first kappa shape index (κ1) is 13.1. The highest BCUT2D eigenvalue weighted by Crippen LogP contribution is 2.21. The second-order valence-corrected chi connectivity index (χ2v) is 4.83. The summed E-state index contributed by atoms with van der Waals surface area (Å²) in [5.74, 6) is 0. The zero-order chi connectivity index (χ0) is 11.7. The highest BCUT2D eigenvalue weighted by molar-refractivity contribution is 7.84. The van der Waals surface area contributed by atoms with E-state index >= 15 is 0 Å². The van der Waals surface area contributed by atoms with Gasteiger partial charge in [0.2, 0.25) is 0 Å². The molecule has 0 saturated carbocycles. The molecule has 14 heavy (non-hydrogen) atoms. The molecule has 0 aromatic carbocycles. The lowest BCUT2D eigenvalue weighted by molar-refractivity contribution is 0.0658. The van der Waals surface area contributed by atoms with Crippen molar-refractivity contribution < 1.29 is 21.6 Å². The number of amides is 2. The Morgan fingerprint density at radius 2 is 1.64 bits per heavy atom. The maximum atomic E-state index is 12.6. The van der Waals surface area contributed by atoms with E-state index in [4.69, 9.17) is 0 Å². The second kappa shape index (κ2) is 3.68. The molecule has 0 aliphatic carbocycles. The van der Waals surface area contributed by atoms with Gasteiger partial charge in [-0.3, -0.25) is 0 Å². The van der Waals surface area contributed by atoms with Crippen molar-refractivity contribution in [3.63, 3.8) is 0 Å². The number of hydrogen-bond donors (Lipinski definition) is 0. The van der Waals surface area contributed by atoms with Crippen molar-refractivity contribution in [2.45, 2.75) is 26.3 Å². The van der Waals surface area contributed by atoms with E-state index in [1.165, 1.54) is 20.8 Å². The maximum absolute atomic E-state index is 12.6. The summed E-state index contributed by atoms with van der Waals surface area (Å²) in [6.07, 6.45) is 0. The Balaban J connectivity index is 5.27. The molecule has 0 aliphatic rings. The lowest BCUT2D eigenvalue weighted by Gasteiger charge is -2.31. The van der Waals surface area contributed by atoms with Crippen molar-refractivity contribution >= 4 is 16.4 Å². The quantitative estimate of drug-likeness (QED) is 0.503. The smallest absolute Gasteiger partial charge is 0.245 e. The summed E-state index contributed by atoms with van der Waals surface area (Å²) in [6, 6.07) is -1.57. The average molecular weight is 230 g/mol. The van der Waals surface area contributed by atoms with Gasteiger partial charge in [-0.25, -0.2) is 4.79 Å². The normalized spacial score (nSPS) is 12.4. The van der Waals surface area contributed by atoms with Gasteiger partial charge in [-0.15, -0.1) is 0 Å². The van der Waals surface area contributed by atoms with Crippen LogP contribution in [0.25, 0.3) is 0 Å². The van der Waals surface area contributed by atoms with Crippen LogP contribution in [0.1, 0.15) is 20.8 Å². The van der Waals surface area contributed by atoms with E-state index in [0.717, 1.165) is 0 Å². The van der Waals surface area contributed by atoms with Crippen LogP contribution in [0.4, 0.5) is 13.2 Å². The van der Waals surface area contributed by atoms with Crippen LogP contribution in [-0.4, -0.2) is 36.5 Å². The Labute approximate surface area is 81.6 Å². The highest BCUT2D eigenvalue weighted by Gasteiger charge is 2.39. The molecule has 2 amide bonds. The summed E-state index contributed by atoms with van der Waals surface area (Å²) in [6.45, 7) is 3.81. The molecule has 0 N–H and O–H groups in total. The minimum atomic E-state index is -5.26. The summed E-state index contributed by atoms with van der Waals surface area (Å²) in [4.78, 5) is 11.0. The molecule has 0 bridgehead atoms. The molecule has 0 rings (SSSR count). The minimum Gasteiger partial charge on any atom is -0.245 e. The summed E-state index contributed by atoms with van der Waals surface area (Å²) in [5, 5.41) is -0.498. The molecular formula is C6H12F2N2O3S. The zero-order valence-electron chi connectivity index (χ0n) is 8.28. The van der Waals surface area contributed by atoms with Crippen LogP contribution >= 0.6 is 0 Å². The van der Waals surface area contributed by atoms with Gasteiger partial charge in [-0.1, -0.05) is 8.37 Å². The van der Waals surface area contributed by atoms with Crippen LogP contribution in [0.15, 0.2) is 0 Å². The van der Waals surface area contributed by atoms with Crippen LogP contribution in [0.2, 0.25) is 0 Å². The largest absolute Gasteiger partial charge is 0.403 e. The van der Waals surface area contributed by atoms with Crippen molar-refractivity contribution in [2.75, 3.05) is 7.05 Å². The number of rotatable bonds is 1. The number of carbonyl (C=O) groups is 1. The van der Waals surface area contributed by atoms with E-state index in [2.05, 4.69) is 0 Å². The van der Waals surface area contributed by atoms with Gasteiger partial charge < -0.3 is 0 Å². The Bertz CT molecular complexity index is 320. The zero-order valence-corrected chi connectivity index (χ0v) is 9.10. The third kappa shape index (κ3) is 3.09. The van der Waals surface area contributed by atoms with Crippen LogP contribution in [0.5, 0.6) is 0 Å². The van der Waals surface area contributed by atoms with Crippen molar-refractivity contribution in [1.29, 1.82) is 0 Å². The minimum absolute atomic E-state index is 0.167. The monoisotopic (exact) mass is 230 g/mol. The molecule has 0 spiro atoms. The van der Waals surface area contributed by atoms with E-state index in [1.54, 1.807) is 0 Å². The summed E-state index contributed by atoms with van der Waals surface area (Å²) < 4.78 is 46.0. The van der Waals surface area contributed by atoms with Gasteiger partial charge >= 0.3 is 16.4 Å². The van der Waals surface area contributed by atoms with E-state index in [9.17, 15) is 21.6 Å². The number of nitrogens with zero attached hydrogens (tertiary/aromatic N) is 2. The number of urea groups is 1. The van der Waals surface area contributed by atoms with E-state index < -0.39 is 27.1 Å². The molecule has 0 heterocycles. The SMILES string of the molecule is CN(F)C(=O)N(C(C)(C)C)S(=O)(=O)F. The fourth-order valence-electron chi connectivity index (χ4n) is 0.832. The Kier molecular flexibility index (Phi) is 3.44. The molecule has 0 radical (unpaired) electrons. The van der Waals surface area contributed by atoms with E-state index in [-0.39, 0.29) is 4.31 Å². The van der Waals surface area contributed by atoms with Crippen LogP contribution in [-0.2, 0) is 10.4 Å². The molecule has 0 aromatic rings. The van der Waals surface area contributed by atoms with Crippen LogP contribution in [0, 0.1) is 0 Å². The van der Waals surface area contributed by atoms with Crippen molar-refractivity contribution in [3.05, 3.63) is 0 Å².